The number of anilines is 1. The SMILES string of the molecule is O=C(CSc1nnc(-c2ccccc2[N+](=O)[O-])o1)Nc1nc2ccc(Br)cc2s1. The molecular weight excluding hydrogens is 482 g/mol. The van der Waals surface area contributed by atoms with Gasteiger partial charge in [-0.25, -0.2) is 4.98 Å². The summed E-state index contributed by atoms with van der Waals surface area (Å²) in [6.45, 7) is 0. The van der Waals surface area contributed by atoms with E-state index in [1.807, 2.05) is 18.2 Å². The molecule has 0 aliphatic rings. The number of carbonyl (C=O) groups excluding carboxylic acids is 1. The average molecular weight is 492 g/mol. The lowest BCUT2D eigenvalue weighted by molar-refractivity contribution is -0.384. The Morgan fingerprint density at radius 1 is 1.28 bits per heavy atom. The fourth-order valence-electron chi connectivity index (χ4n) is 2.43. The fraction of sp³-hybridized carbons (Fsp3) is 0.0588. The highest BCUT2D eigenvalue weighted by Gasteiger charge is 2.20. The minimum Gasteiger partial charge on any atom is -0.411 e. The number of nitro groups is 1. The number of thiazole rings is 1. The first-order valence-corrected chi connectivity index (χ1v) is 10.6. The number of aromatic nitrogens is 3. The molecule has 0 radical (unpaired) electrons. The van der Waals surface area contributed by atoms with Crippen molar-refractivity contribution in [1.29, 1.82) is 0 Å². The Balaban J connectivity index is 1.40. The number of halogens is 1. The molecule has 2 heterocycles. The van der Waals surface area contributed by atoms with Gasteiger partial charge in [-0.2, -0.15) is 0 Å². The molecule has 0 atom stereocenters. The third-order valence-corrected chi connectivity index (χ3v) is 5.91. The zero-order valence-corrected chi connectivity index (χ0v) is 17.6. The summed E-state index contributed by atoms with van der Waals surface area (Å²) in [6.07, 6.45) is 0. The molecule has 9 nitrogen and oxygen atoms in total. The zero-order chi connectivity index (χ0) is 20.4. The normalized spacial score (nSPS) is 10.9. The van der Waals surface area contributed by atoms with Gasteiger partial charge in [-0.15, -0.1) is 10.2 Å². The van der Waals surface area contributed by atoms with Crippen LogP contribution >= 0.6 is 39.0 Å². The van der Waals surface area contributed by atoms with Crippen molar-refractivity contribution >= 4 is 66.0 Å². The molecule has 2 aromatic heterocycles. The lowest BCUT2D eigenvalue weighted by atomic mass is 10.2. The first-order chi connectivity index (χ1) is 14.0. The zero-order valence-electron chi connectivity index (χ0n) is 14.4. The van der Waals surface area contributed by atoms with Gasteiger partial charge in [-0.3, -0.25) is 14.9 Å². The van der Waals surface area contributed by atoms with Crippen LogP contribution in [0.5, 0.6) is 0 Å². The second-order valence-corrected chi connectivity index (χ2v) is 8.49. The molecule has 0 saturated heterocycles. The summed E-state index contributed by atoms with van der Waals surface area (Å²) in [5.41, 5.74) is 0.891. The van der Waals surface area contributed by atoms with Crippen LogP contribution in [0.15, 0.2) is 56.6 Å². The molecule has 0 spiro atoms. The van der Waals surface area contributed by atoms with Crippen LogP contribution in [0.2, 0.25) is 0 Å². The minimum atomic E-state index is -0.518. The summed E-state index contributed by atoms with van der Waals surface area (Å²) in [6, 6.07) is 11.8. The van der Waals surface area contributed by atoms with Crippen molar-refractivity contribution < 1.29 is 14.1 Å². The van der Waals surface area contributed by atoms with Gasteiger partial charge in [0.2, 0.25) is 5.91 Å². The van der Waals surface area contributed by atoms with E-state index in [1.165, 1.54) is 23.5 Å². The minimum absolute atomic E-state index is 0.0250. The van der Waals surface area contributed by atoms with Crippen molar-refractivity contribution in [3.63, 3.8) is 0 Å². The summed E-state index contributed by atoms with van der Waals surface area (Å²) >= 11 is 5.81. The topological polar surface area (TPSA) is 124 Å². The maximum Gasteiger partial charge on any atom is 0.282 e. The number of hydrogen-bond donors (Lipinski definition) is 1. The quantitative estimate of drug-likeness (QED) is 0.232. The molecule has 2 aromatic carbocycles. The van der Waals surface area contributed by atoms with Gasteiger partial charge in [0.15, 0.2) is 5.13 Å². The van der Waals surface area contributed by atoms with Crippen molar-refractivity contribution in [2.75, 3.05) is 11.1 Å². The molecule has 0 unspecified atom stereocenters. The molecule has 0 saturated carbocycles. The van der Waals surface area contributed by atoms with Gasteiger partial charge in [0, 0.05) is 10.5 Å². The van der Waals surface area contributed by atoms with Gasteiger partial charge in [0.05, 0.1) is 20.9 Å². The predicted molar refractivity (Wildman–Crippen MR) is 113 cm³/mol. The first-order valence-electron chi connectivity index (χ1n) is 8.05. The van der Waals surface area contributed by atoms with E-state index >= 15 is 0 Å². The number of para-hydroxylation sites is 1. The molecule has 1 amide bonds. The van der Waals surface area contributed by atoms with E-state index in [0.29, 0.717) is 5.13 Å². The van der Waals surface area contributed by atoms with Crippen molar-refractivity contribution in [1.82, 2.24) is 15.2 Å². The van der Waals surface area contributed by atoms with Gasteiger partial charge in [0.1, 0.15) is 5.56 Å². The van der Waals surface area contributed by atoms with E-state index in [1.54, 1.807) is 12.1 Å². The number of nitro benzene ring substituents is 1. The number of rotatable bonds is 6. The maximum absolute atomic E-state index is 12.2. The molecule has 0 fully saturated rings. The lowest BCUT2D eigenvalue weighted by Gasteiger charge is -1.99. The Labute approximate surface area is 179 Å². The second-order valence-electron chi connectivity index (χ2n) is 5.62. The summed E-state index contributed by atoms with van der Waals surface area (Å²) in [7, 11) is 0. The number of amides is 1. The van der Waals surface area contributed by atoms with E-state index in [-0.39, 0.29) is 34.0 Å². The van der Waals surface area contributed by atoms with E-state index < -0.39 is 4.92 Å². The number of carbonyl (C=O) groups is 1. The number of nitrogens with zero attached hydrogens (tertiary/aromatic N) is 4. The van der Waals surface area contributed by atoms with Crippen LogP contribution < -0.4 is 5.32 Å². The lowest BCUT2D eigenvalue weighted by Crippen LogP contribution is -2.13. The van der Waals surface area contributed by atoms with Gasteiger partial charge >= 0.3 is 0 Å². The molecule has 0 aliphatic heterocycles. The monoisotopic (exact) mass is 491 g/mol. The molecule has 4 rings (SSSR count). The standard InChI is InChI=1S/C17H10BrN5O4S2/c18-9-5-6-11-13(7-9)29-16(19-11)20-14(24)8-28-17-22-21-15(27-17)10-3-1-2-4-12(10)23(25)26/h1-7H,8H2,(H,19,20,24). The Morgan fingerprint density at radius 2 is 2.10 bits per heavy atom. The van der Waals surface area contributed by atoms with E-state index in [4.69, 9.17) is 4.42 Å². The molecular formula is C17H10BrN5O4S2. The fourth-order valence-corrected chi connectivity index (χ4v) is 4.42. The van der Waals surface area contributed by atoms with Gasteiger partial charge < -0.3 is 9.73 Å². The number of benzene rings is 2. The van der Waals surface area contributed by atoms with Crippen molar-refractivity contribution in [2.45, 2.75) is 5.22 Å². The average Bonchev–Trinajstić information content (AvgIpc) is 3.32. The number of fused-ring (bicyclic) bond motifs is 1. The molecule has 12 heteroatoms. The Bertz CT molecular complexity index is 1230. The van der Waals surface area contributed by atoms with Crippen LogP contribution in [0.3, 0.4) is 0 Å². The van der Waals surface area contributed by atoms with Gasteiger partial charge in [0.25, 0.3) is 16.8 Å². The molecule has 4 aromatic rings. The summed E-state index contributed by atoms with van der Waals surface area (Å²) in [5.74, 6) is -0.228. The molecule has 0 bridgehead atoms. The van der Waals surface area contributed by atoms with Crippen molar-refractivity contribution in [3.05, 3.63) is 57.1 Å². The Kier molecular flexibility index (Phi) is 5.56. The Morgan fingerprint density at radius 3 is 2.93 bits per heavy atom. The van der Waals surface area contributed by atoms with E-state index in [2.05, 4.69) is 36.4 Å². The smallest absolute Gasteiger partial charge is 0.282 e. The first kappa shape index (κ1) is 19.5. The van der Waals surface area contributed by atoms with Crippen LogP contribution in [-0.4, -0.2) is 31.8 Å². The van der Waals surface area contributed by atoms with Gasteiger partial charge in [-0.1, -0.05) is 51.2 Å². The second kappa shape index (κ2) is 8.27. The van der Waals surface area contributed by atoms with Crippen LogP contribution in [-0.2, 0) is 4.79 Å². The van der Waals surface area contributed by atoms with Crippen molar-refractivity contribution in [2.24, 2.45) is 0 Å². The van der Waals surface area contributed by atoms with Crippen LogP contribution in [0, 0.1) is 10.1 Å². The van der Waals surface area contributed by atoms with Crippen LogP contribution in [0.25, 0.3) is 21.7 Å². The largest absolute Gasteiger partial charge is 0.411 e. The predicted octanol–water partition coefficient (Wildman–Crippen LogP) is 4.75. The van der Waals surface area contributed by atoms with E-state index in [0.717, 1.165) is 26.5 Å². The number of hydrogen-bond acceptors (Lipinski definition) is 9. The van der Waals surface area contributed by atoms with Crippen LogP contribution in [0.4, 0.5) is 10.8 Å². The number of nitrogens with one attached hydrogen (secondary N) is 1. The van der Waals surface area contributed by atoms with E-state index in [9.17, 15) is 14.9 Å². The Hall–Kier alpha value is -2.83. The highest BCUT2D eigenvalue weighted by atomic mass is 79.9. The summed E-state index contributed by atoms with van der Waals surface area (Å²) in [4.78, 5) is 27.2. The van der Waals surface area contributed by atoms with Gasteiger partial charge in [-0.05, 0) is 24.3 Å². The number of thioether (sulfide) groups is 1. The third kappa shape index (κ3) is 4.44. The third-order valence-electron chi connectivity index (χ3n) is 3.66. The summed E-state index contributed by atoms with van der Waals surface area (Å²) in [5, 5.41) is 22.2. The molecule has 146 valence electrons. The highest BCUT2D eigenvalue weighted by molar-refractivity contribution is 9.10. The summed E-state index contributed by atoms with van der Waals surface area (Å²) < 4.78 is 7.35. The van der Waals surface area contributed by atoms with Crippen LogP contribution in [0.1, 0.15) is 0 Å². The highest BCUT2D eigenvalue weighted by Crippen LogP contribution is 2.31. The maximum atomic E-state index is 12.2. The molecule has 1 N–H and O–H groups in total. The molecule has 0 aliphatic carbocycles. The molecule has 29 heavy (non-hydrogen) atoms. The van der Waals surface area contributed by atoms with Crippen molar-refractivity contribution in [3.8, 4) is 11.5 Å².